The zero-order valence-electron chi connectivity index (χ0n) is 12.7. The average Bonchev–Trinajstić information content (AvgIpc) is 2.85. The zero-order valence-corrected chi connectivity index (χ0v) is 15.9. The molecule has 1 heterocycles. The van der Waals surface area contributed by atoms with E-state index < -0.39 is 0 Å². The predicted molar refractivity (Wildman–Crippen MR) is 106 cm³/mol. The number of carbonyl (C=O) groups is 2. The monoisotopic (exact) mass is 407 g/mol. The molecule has 0 aliphatic carbocycles. The standard InChI is InChI=1S/C18H11Cl2NO2S2/c19-12-6-7-14(20)13(8-12)15(22)9-16-17(23)21(18(24)25-16)10-11-4-2-1-3-5-11/h1-9H,10H2/b16-9+. The van der Waals surface area contributed by atoms with Crippen LogP contribution in [0.15, 0.2) is 59.5 Å². The number of hydrogen-bond donors (Lipinski definition) is 0. The fourth-order valence-corrected chi connectivity index (χ4v) is 3.89. The third-order valence-electron chi connectivity index (χ3n) is 3.51. The molecule has 0 radical (unpaired) electrons. The van der Waals surface area contributed by atoms with Gasteiger partial charge in [-0.1, -0.05) is 77.5 Å². The van der Waals surface area contributed by atoms with E-state index in [1.54, 1.807) is 12.1 Å². The van der Waals surface area contributed by atoms with Gasteiger partial charge in [-0.15, -0.1) is 0 Å². The molecule has 0 spiro atoms. The Balaban J connectivity index is 1.82. The molecule has 1 aliphatic rings. The fourth-order valence-electron chi connectivity index (χ4n) is 2.29. The topological polar surface area (TPSA) is 37.4 Å². The van der Waals surface area contributed by atoms with Crippen molar-refractivity contribution < 1.29 is 9.59 Å². The number of carbonyl (C=O) groups excluding carboxylic acids is 2. The zero-order chi connectivity index (χ0) is 18.0. The van der Waals surface area contributed by atoms with Gasteiger partial charge in [-0.2, -0.15) is 0 Å². The number of rotatable bonds is 4. The number of allylic oxidation sites excluding steroid dienone is 1. The summed E-state index contributed by atoms with van der Waals surface area (Å²) in [6.45, 7) is 0.370. The Hall–Kier alpha value is -1.66. The smallest absolute Gasteiger partial charge is 0.266 e. The normalized spacial score (nSPS) is 15.9. The molecule has 0 N–H and O–H groups in total. The molecular weight excluding hydrogens is 397 g/mol. The van der Waals surface area contributed by atoms with Crippen molar-refractivity contribution in [2.75, 3.05) is 0 Å². The molecule has 0 saturated carbocycles. The maximum Gasteiger partial charge on any atom is 0.266 e. The van der Waals surface area contributed by atoms with Crippen LogP contribution in [0.2, 0.25) is 10.0 Å². The van der Waals surface area contributed by atoms with Gasteiger partial charge < -0.3 is 0 Å². The van der Waals surface area contributed by atoms with Crippen LogP contribution in [0.25, 0.3) is 0 Å². The lowest BCUT2D eigenvalue weighted by molar-refractivity contribution is -0.122. The molecule has 1 saturated heterocycles. The molecule has 0 aromatic heterocycles. The van der Waals surface area contributed by atoms with Crippen LogP contribution in [0, 0.1) is 0 Å². The molecule has 2 aromatic rings. The third-order valence-corrected chi connectivity index (χ3v) is 5.46. The van der Waals surface area contributed by atoms with Gasteiger partial charge in [0.25, 0.3) is 5.91 Å². The average molecular weight is 408 g/mol. The van der Waals surface area contributed by atoms with Crippen molar-refractivity contribution in [1.29, 1.82) is 0 Å². The first-order valence-electron chi connectivity index (χ1n) is 7.24. The lowest BCUT2D eigenvalue weighted by Crippen LogP contribution is -2.27. The number of hydrogen-bond acceptors (Lipinski definition) is 4. The van der Waals surface area contributed by atoms with Crippen molar-refractivity contribution in [2.24, 2.45) is 0 Å². The first kappa shape index (κ1) is 18.1. The summed E-state index contributed by atoms with van der Waals surface area (Å²) in [6.07, 6.45) is 1.27. The number of amides is 1. The van der Waals surface area contributed by atoms with Crippen molar-refractivity contribution in [1.82, 2.24) is 4.90 Å². The molecule has 3 nitrogen and oxygen atoms in total. The van der Waals surface area contributed by atoms with Crippen LogP contribution in [0.1, 0.15) is 15.9 Å². The first-order valence-corrected chi connectivity index (χ1v) is 9.22. The molecular formula is C18H11Cl2NO2S2. The van der Waals surface area contributed by atoms with Crippen LogP contribution in [0.3, 0.4) is 0 Å². The molecule has 0 atom stereocenters. The number of thiocarbonyl (C=S) groups is 1. The predicted octanol–water partition coefficient (Wildman–Crippen LogP) is 5.12. The summed E-state index contributed by atoms with van der Waals surface area (Å²) in [6, 6.07) is 14.2. The molecule has 7 heteroatoms. The van der Waals surface area contributed by atoms with Crippen molar-refractivity contribution >= 4 is 63.2 Å². The maximum absolute atomic E-state index is 12.6. The Kier molecular flexibility index (Phi) is 5.59. The largest absolute Gasteiger partial charge is 0.289 e. The van der Waals surface area contributed by atoms with Gasteiger partial charge in [-0.3, -0.25) is 14.5 Å². The van der Waals surface area contributed by atoms with Crippen molar-refractivity contribution in [3.63, 3.8) is 0 Å². The fraction of sp³-hybridized carbons (Fsp3) is 0.0556. The summed E-state index contributed by atoms with van der Waals surface area (Å²) in [4.78, 5) is 26.8. The van der Waals surface area contributed by atoms with E-state index in [1.165, 1.54) is 17.0 Å². The quantitative estimate of drug-likeness (QED) is 0.400. The van der Waals surface area contributed by atoms with E-state index in [9.17, 15) is 9.59 Å². The maximum atomic E-state index is 12.6. The summed E-state index contributed by atoms with van der Waals surface area (Å²) in [7, 11) is 0. The highest BCUT2D eigenvalue weighted by molar-refractivity contribution is 8.26. The highest BCUT2D eigenvalue weighted by atomic mass is 35.5. The molecule has 25 heavy (non-hydrogen) atoms. The highest BCUT2D eigenvalue weighted by Gasteiger charge is 2.32. The van der Waals surface area contributed by atoms with Gasteiger partial charge in [0.05, 0.1) is 16.5 Å². The van der Waals surface area contributed by atoms with Crippen LogP contribution in [-0.2, 0) is 11.3 Å². The summed E-state index contributed by atoms with van der Waals surface area (Å²) in [5, 5.41) is 0.684. The van der Waals surface area contributed by atoms with E-state index in [2.05, 4.69) is 0 Å². The Morgan fingerprint density at radius 1 is 1.16 bits per heavy atom. The van der Waals surface area contributed by atoms with Crippen molar-refractivity contribution in [2.45, 2.75) is 6.54 Å². The number of nitrogens with zero attached hydrogens (tertiary/aromatic N) is 1. The molecule has 1 aliphatic heterocycles. The second-order valence-electron chi connectivity index (χ2n) is 5.24. The second kappa shape index (κ2) is 7.70. The van der Waals surface area contributed by atoms with E-state index >= 15 is 0 Å². The van der Waals surface area contributed by atoms with Crippen LogP contribution >= 0.6 is 47.2 Å². The van der Waals surface area contributed by atoms with Crippen molar-refractivity contribution in [3.05, 3.63) is 80.7 Å². The van der Waals surface area contributed by atoms with Crippen LogP contribution in [0.5, 0.6) is 0 Å². The minimum absolute atomic E-state index is 0.252. The van der Waals surface area contributed by atoms with E-state index in [4.69, 9.17) is 35.4 Å². The molecule has 2 aromatic carbocycles. The summed E-state index contributed by atoms with van der Waals surface area (Å²) in [5.41, 5.74) is 1.21. The Labute approximate surface area is 164 Å². The lowest BCUT2D eigenvalue weighted by atomic mass is 10.1. The van der Waals surface area contributed by atoms with Crippen LogP contribution < -0.4 is 0 Å². The molecule has 1 fully saturated rings. The third kappa shape index (κ3) is 4.12. The van der Waals surface area contributed by atoms with E-state index in [0.717, 1.165) is 17.3 Å². The molecule has 0 unspecified atom stereocenters. The lowest BCUT2D eigenvalue weighted by Gasteiger charge is -2.14. The van der Waals surface area contributed by atoms with Gasteiger partial charge in [0.1, 0.15) is 4.32 Å². The van der Waals surface area contributed by atoms with E-state index in [0.29, 0.717) is 15.9 Å². The summed E-state index contributed by atoms with van der Waals surface area (Å²) >= 11 is 18.3. The molecule has 1 amide bonds. The van der Waals surface area contributed by atoms with Gasteiger partial charge in [-0.05, 0) is 23.8 Å². The second-order valence-corrected chi connectivity index (χ2v) is 7.76. The van der Waals surface area contributed by atoms with Crippen LogP contribution in [0.4, 0.5) is 0 Å². The minimum atomic E-state index is -0.382. The number of halogens is 2. The van der Waals surface area contributed by atoms with Crippen molar-refractivity contribution in [3.8, 4) is 0 Å². The first-order chi connectivity index (χ1) is 12.0. The van der Waals surface area contributed by atoms with Gasteiger partial charge in [0.2, 0.25) is 0 Å². The SMILES string of the molecule is O=C(/C=C1/SC(=S)N(Cc2ccccc2)C1=O)c1cc(Cl)ccc1Cl. The summed E-state index contributed by atoms with van der Waals surface area (Å²) in [5.74, 6) is -0.668. The van der Waals surface area contributed by atoms with Gasteiger partial charge in [0, 0.05) is 16.7 Å². The number of benzene rings is 2. The number of thioether (sulfide) groups is 1. The highest BCUT2D eigenvalue weighted by Crippen LogP contribution is 2.33. The Morgan fingerprint density at radius 2 is 1.88 bits per heavy atom. The van der Waals surface area contributed by atoms with E-state index in [-0.39, 0.29) is 27.2 Å². The van der Waals surface area contributed by atoms with Gasteiger partial charge in [0.15, 0.2) is 5.78 Å². The van der Waals surface area contributed by atoms with E-state index in [1.807, 2.05) is 30.3 Å². The Bertz CT molecular complexity index is 897. The molecule has 126 valence electrons. The van der Waals surface area contributed by atoms with Gasteiger partial charge >= 0.3 is 0 Å². The number of ketones is 1. The minimum Gasteiger partial charge on any atom is -0.289 e. The Morgan fingerprint density at radius 3 is 2.60 bits per heavy atom. The van der Waals surface area contributed by atoms with Crippen LogP contribution in [-0.4, -0.2) is 20.9 Å². The summed E-state index contributed by atoms with van der Waals surface area (Å²) < 4.78 is 0.421. The van der Waals surface area contributed by atoms with Gasteiger partial charge in [-0.25, -0.2) is 0 Å². The molecule has 3 rings (SSSR count). The molecule has 0 bridgehead atoms.